The Morgan fingerprint density at radius 2 is 1.89 bits per heavy atom. The minimum absolute atomic E-state index is 0.264. The van der Waals surface area contributed by atoms with Crippen LogP contribution in [0.25, 0.3) is 0 Å². The molecule has 0 heterocycles. The van der Waals surface area contributed by atoms with Crippen LogP contribution >= 0.6 is 0 Å². The first-order valence-electron chi connectivity index (χ1n) is 3.86. The molecule has 0 aromatic rings. The fourth-order valence-electron chi connectivity index (χ4n) is 1.04. The van der Waals surface area contributed by atoms with Crippen molar-refractivity contribution in [3.05, 3.63) is 0 Å². The van der Waals surface area contributed by atoms with Crippen LogP contribution in [0.3, 0.4) is 0 Å². The number of hydrogen-bond acceptors (Lipinski definition) is 0. The molecule has 0 saturated heterocycles. The Labute approximate surface area is 57.5 Å². The molecule has 56 valence electrons. The first-order valence-corrected chi connectivity index (χ1v) is 3.86. The second-order valence-electron chi connectivity index (χ2n) is 2.69. The van der Waals surface area contributed by atoms with Crippen LogP contribution in [0.15, 0.2) is 0 Å². The van der Waals surface area contributed by atoms with Gasteiger partial charge in [-0.1, -0.05) is 27.2 Å². The van der Waals surface area contributed by atoms with Crippen LogP contribution in [0.1, 0.15) is 40.0 Å². The van der Waals surface area contributed by atoms with Gasteiger partial charge < -0.3 is 0 Å². The van der Waals surface area contributed by atoms with Crippen LogP contribution in [0.5, 0.6) is 0 Å². The minimum Gasteiger partial charge on any atom is -0.247 e. The van der Waals surface area contributed by atoms with Crippen molar-refractivity contribution in [1.82, 2.24) is 0 Å². The Kier molecular flexibility index (Phi) is 4.74. The van der Waals surface area contributed by atoms with Gasteiger partial charge in [-0.15, -0.1) is 0 Å². The quantitative estimate of drug-likeness (QED) is 0.551. The number of rotatable bonds is 4. The van der Waals surface area contributed by atoms with Crippen LogP contribution in [-0.2, 0) is 0 Å². The summed E-state index contributed by atoms with van der Waals surface area (Å²) in [4.78, 5) is 0. The first kappa shape index (κ1) is 8.93. The minimum atomic E-state index is -0.579. The van der Waals surface area contributed by atoms with Crippen LogP contribution in [0, 0.1) is 5.92 Å². The fraction of sp³-hybridized carbons (Fsp3) is 1.00. The number of alkyl halides is 1. The molecular weight excluding hydrogens is 115 g/mol. The van der Waals surface area contributed by atoms with Gasteiger partial charge in [0.15, 0.2) is 0 Å². The molecule has 0 aliphatic heterocycles. The monoisotopic (exact) mass is 132 g/mol. The Morgan fingerprint density at radius 1 is 1.33 bits per heavy atom. The Hall–Kier alpha value is -0.0700. The van der Waals surface area contributed by atoms with Crippen molar-refractivity contribution in [2.45, 2.75) is 46.2 Å². The predicted molar refractivity (Wildman–Crippen MR) is 39.3 cm³/mol. The van der Waals surface area contributed by atoms with Crippen molar-refractivity contribution in [3.8, 4) is 0 Å². The van der Waals surface area contributed by atoms with Crippen LogP contribution in [0.2, 0.25) is 0 Å². The van der Waals surface area contributed by atoms with Crippen molar-refractivity contribution in [2.75, 3.05) is 0 Å². The second-order valence-corrected chi connectivity index (χ2v) is 2.69. The lowest BCUT2D eigenvalue weighted by Gasteiger charge is -2.12. The smallest absolute Gasteiger partial charge is 0.102 e. The zero-order valence-corrected chi connectivity index (χ0v) is 6.65. The molecule has 0 fully saturated rings. The lowest BCUT2D eigenvalue weighted by atomic mass is 9.99. The summed E-state index contributed by atoms with van der Waals surface area (Å²) in [6.07, 6.45) is 2.21. The first-order chi connectivity index (χ1) is 4.22. The zero-order valence-electron chi connectivity index (χ0n) is 6.65. The van der Waals surface area contributed by atoms with Gasteiger partial charge in [0.05, 0.1) is 0 Å². The number of halogens is 1. The second kappa shape index (κ2) is 4.78. The maximum Gasteiger partial charge on any atom is 0.102 e. The van der Waals surface area contributed by atoms with E-state index < -0.39 is 6.17 Å². The van der Waals surface area contributed by atoms with E-state index in [1.165, 1.54) is 0 Å². The van der Waals surface area contributed by atoms with E-state index in [0.29, 0.717) is 6.42 Å². The van der Waals surface area contributed by atoms with Crippen LogP contribution in [0.4, 0.5) is 4.39 Å². The molecule has 0 aromatic carbocycles. The summed E-state index contributed by atoms with van der Waals surface area (Å²) in [5.74, 6) is 0.264. The van der Waals surface area contributed by atoms with Crippen LogP contribution < -0.4 is 0 Å². The SMILES string of the molecule is CCC[C@H](C)[C@H](F)CC. The highest BCUT2D eigenvalue weighted by Crippen LogP contribution is 2.15. The van der Waals surface area contributed by atoms with Crippen molar-refractivity contribution in [2.24, 2.45) is 5.92 Å². The van der Waals surface area contributed by atoms with Gasteiger partial charge in [0, 0.05) is 0 Å². The summed E-state index contributed by atoms with van der Waals surface area (Å²) < 4.78 is 12.7. The van der Waals surface area contributed by atoms with Gasteiger partial charge >= 0.3 is 0 Å². The summed E-state index contributed by atoms with van der Waals surface area (Å²) in [6.45, 7) is 5.98. The van der Waals surface area contributed by atoms with Gasteiger partial charge in [0.1, 0.15) is 6.17 Å². The number of hydrogen-bond donors (Lipinski definition) is 0. The predicted octanol–water partition coefficient (Wildman–Crippen LogP) is 3.17. The van der Waals surface area contributed by atoms with E-state index in [0.717, 1.165) is 12.8 Å². The molecule has 0 aliphatic carbocycles. The molecular formula is C8H17F. The summed E-state index contributed by atoms with van der Waals surface area (Å²) >= 11 is 0. The van der Waals surface area contributed by atoms with Crippen molar-refractivity contribution in [1.29, 1.82) is 0 Å². The van der Waals surface area contributed by atoms with Gasteiger partial charge in [0.25, 0.3) is 0 Å². The van der Waals surface area contributed by atoms with Crippen molar-refractivity contribution in [3.63, 3.8) is 0 Å². The van der Waals surface area contributed by atoms with Gasteiger partial charge in [-0.05, 0) is 18.8 Å². The molecule has 0 nitrogen and oxygen atoms in total. The lowest BCUT2D eigenvalue weighted by molar-refractivity contribution is 0.224. The molecule has 0 N–H and O–H groups in total. The van der Waals surface area contributed by atoms with Crippen molar-refractivity contribution >= 4 is 0 Å². The van der Waals surface area contributed by atoms with E-state index in [9.17, 15) is 4.39 Å². The highest BCUT2D eigenvalue weighted by Gasteiger charge is 2.11. The standard InChI is InChI=1S/C8H17F/c1-4-6-7(3)8(9)5-2/h7-8H,4-6H2,1-3H3/t7-,8+/m0/s1. The van der Waals surface area contributed by atoms with Gasteiger partial charge in [0.2, 0.25) is 0 Å². The summed E-state index contributed by atoms with van der Waals surface area (Å²) in [5, 5.41) is 0. The molecule has 0 aromatic heterocycles. The maximum atomic E-state index is 12.7. The topological polar surface area (TPSA) is 0 Å². The highest BCUT2D eigenvalue weighted by atomic mass is 19.1. The van der Waals surface area contributed by atoms with E-state index in [1.807, 2.05) is 13.8 Å². The molecule has 1 heteroatoms. The Balaban J connectivity index is 3.32. The molecule has 0 radical (unpaired) electrons. The maximum absolute atomic E-state index is 12.7. The summed E-state index contributed by atoms with van der Waals surface area (Å²) in [5.41, 5.74) is 0. The largest absolute Gasteiger partial charge is 0.247 e. The zero-order chi connectivity index (χ0) is 7.28. The average molecular weight is 132 g/mol. The Bertz CT molecular complexity index is 61.6. The lowest BCUT2D eigenvalue weighted by Crippen LogP contribution is -2.10. The summed E-state index contributed by atoms with van der Waals surface area (Å²) in [6, 6.07) is 0. The van der Waals surface area contributed by atoms with E-state index in [1.54, 1.807) is 0 Å². The molecule has 0 unspecified atom stereocenters. The van der Waals surface area contributed by atoms with Crippen molar-refractivity contribution < 1.29 is 4.39 Å². The van der Waals surface area contributed by atoms with E-state index in [4.69, 9.17) is 0 Å². The van der Waals surface area contributed by atoms with Crippen LogP contribution in [-0.4, -0.2) is 6.17 Å². The molecule has 2 atom stereocenters. The molecule has 0 amide bonds. The highest BCUT2D eigenvalue weighted by molar-refractivity contribution is 4.61. The molecule has 0 rings (SSSR count). The molecule has 0 spiro atoms. The molecule has 0 aliphatic rings. The third kappa shape index (κ3) is 3.50. The molecule has 0 saturated carbocycles. The normalized spacial score (nSPS) is 17.3. The Morgan fingerprint density at radius 3 is 2.22 bits per heavy atom. The van der Waals surface area contributed by atoms with E-state index in [2.05, 4.69) is 6.92 Å². The fourth-order valence-corrected chi connectivity index (χ4v) is 1.04. The third-order valence-corrected chi connectivity index (χ3v) is 1.75. The van der Waals surface area contributed by atoms with E-state index in [-0.39, 0.29) is 5.92 Å². The van der Waals surface area contributed by atoms with E-state index >= 15 is 0 Å². The molecule has 0 bridgehead atoms. The van der Waals surface area contributed by atoms with Gasteiger partial charge in [-0.25, -0.2) is 4.39 Å². The third-order valence-electron chi connectivity index (χ3n) is 1.75. The van der Waals surface area contributed by atoms with Gasteiger partial charge in [-0.3, -0.25) is 0 Å². The van der Waals surface area contributed by atoms with Gasteiger partial charge in [-0.2, -0.15) is 0 Å². The molecule has 9 heavy (non-hydrogen) atoms. The average Bonchev–Trinajstić information content (AvgIpc) is 1.87. The summed E-state index contributed by atoms with van der Waals surface area (Å²) in [7, 11) is 0.